The molecule has 5 nitrogen and oxygen atoms in total. The lowest BCUT2D eigenvalue weighted by Gasteiger charge is -2.11. The third kappa shape index (κ3) is 8.00. The van der Waals surface area contributed by atoms with Gasteiger partial charge in [-0.1, -0.05) is 24.8 Å². The van der Waals surface area contributed by atoms with Gasteiger partial charge in [0.2, 0.25) is 0 Å². The lowest BCUT2D eigenvalue weighted by Crippen LogP contribution is -2.15. The fourth-order valence-electron chi connectivity index (χ4n) is 2.20. The van der Waals surface area contributed by atoms with Gasteiger partial charge in [0, 0.05) is 19.2 Å². The fourth-order valence-corrected chi connectivity index (χ4v) is 2.20. The number of ketones is 1. The number of nitrogens with one attached hydrogen (secondary N) is 1. The van der Waals surface area contributed by atoms with Gasteiger partial charge in [-0.3, -0.25) is 4.79 Å². The standard InChI is InChI=1S/C21H28FN3O2/c1-5-18(15(2)25-17(4)24-13-9-8-12-23)14-21(16(3)26)27-20-11-7-6-10-19(20)22/h5-7,10-11,14,24H,4,8-9,12-13,23H2,1-3H3/b18-5-,21-14+,25-15-. The molecule has 3 N–H and O–H groups in total. The third-order valence-corrected chi connectivity index (χ3v) is 3.68. The number of carbonyl (C=O) groups excluding carboxylic acids is 1. The Bertz CT molecular complexity index is 752. The van der Waals surface area contributed by atoms with Gasteiger partial charge in [-0.15, -0.1) is 0 Å². The van der Waals surface area contributed by atoms with Crippen LogP contribution >= 0.6 is 0 Å². The number of nitrogens with zero attached hydrogens (tertiary/aromatic N) is 1. The Morgan fingerprint density at radius 2 is 2.04 bits per heavy atom. The minimum Gasteiger partial charge on any atom is -0.451 e. The van der Waals surface area contributed by atoms with Gasteiger partial charge in [-0.2, -0.15) is 0 Å². The van der Waals surface area contributed by atoms with E-state index in [0.29, 0.717) is 23.7 Å². The zero-order chi connectivity index (χ0) is 20.2. The molecule has 0 heterocycles. The Labute approximate surface area is 160 Å². The molecule has 0 spiro atoms. The lowest BCUT2D eigenvalue weighted by molar-refractivity contribution is -0.115. The molecule has 0 bridgehead atoms. The molecular weight excluding hydrogens is 345 g/mol. The minimum absolute atomic E-state index is 0.00465. The molecule has 0 aromatic heterocycles. The summed E-state index contributed by atoms with van der Waals surface area (Å²) in [5, 5.41) is 3.12. The number of allylic oxidation sites excluding steroid dienone is 4. The average molecular weight is 373 g/mol. The van der Waals surface area contributed by atoms with E-state index in [2.05, 4.69) is 16.9 Å². The van der Waals surface area contributed by atoms with Crippen molar-refractivity contribution in [3.63, 3.8) is 0 Å². The molecule has 1 aromatic rings. The van der Waals surface area contributed by atoms with Gasteiger partial charge in [-0.25, -0.2) is 9.38 Å². The summed E-state index contributed by atoms with van der Waals surface area (Å²) in [4.78, 5) is 16.3. The van der Waals surface area contributed by atoms with Crippen LogP contribution in [0.5, 0.6) is 5.75 Å². The van der Waals surface area contributed by atoms with Crippen LogP contribution in [0.25, 0.3) is 0 Å². The Morgan fingerprint density at radius 1 is 1.33 bits per heavy atom. The fraction of sp³-hybridized carbons (Fsp3) is 0.333. The first-order chi connectivity index (χ1) is 12.9. The highest BCUT2D eigenvalue weighted by atomic mass is 19.1. The molecule has 0 fully saturated rings. The molecule has 0 saturated carbocycles. The highest BCUT2D eigenvalue weighted by Gasteiger charge is 2.12. The molecule has 6 heteroatoms. The summed E-state index contributed by atoms with van der Waals surface area (Å²) < 4.78 is 19.3. The second-order valence-electron chi connectivity index (χ2n) is 5.91. The van der Waals surface area contributed by atoms with Crippen molar-refractivity contribution in [1.29, 1.82) is 0 Å². The molecule has 0 atom stereocenters. The SMILES string of the molecule is C=C(\N=C(C)/C(=C\C)/C=C(/Oc1ccccc1F)C(C)=O)NCCCCN. The van der Waals surface area contributed by atoms with Crippen molar-refractivity contribution < 1.29 is 13.9 Å². The van der Waals surface area contributed by atoms with Crippen molar-refractivity contribution in [3.8, 4) is 5.75 Å². The predicted molar refractivity (Wildman–Crippen MR) is 108 cm³/mol. The maximum atomic E-state index is 13.8. The summed E-state index contributed by atoms with van der Waals surface area (Å²) in [5.41, 5.74) is 6.80. The van der Waals surface area contributed by atoms with E-state index in [1.165, 1.54) is 19.1 Å². The normalized spacial score (nSPS) is 12.7. The van der Waals surface area contributed by atoms with Gasteiger partial charge in [-0.05, 0) is 57.0 Å². The zero-order valence-corrected chi connectivity index (χ0v) is 16.2. The maximum Gasteiger partial charge on any atom is 0.194 e. The van der Waals surface area contributed by atoms with Crippen molar-refractivity contribution in [2.45, 2.75) is 33.6 Å². The van der Waals surface area contributed by atoms with E-state index in [4.69, 9.17) is 10.5 Å². The molecule has 27 heavy (non-hydrogen) atoms. The topological polar surface area (TPSA) is 76.7 Å². The second kappa shape index (κ2) is 11.8. The highest BCUT2D eigenvalue weighted by Crippen LogP contribution is 2.20. The molecule has 1 aromatic carbocycles. The van der Waals surface area contributed by atoms with Crippen molar-refractivity contribution in [2.75, 3.05) is 13.1 Å². The Kier molecular flexibility index (Phi) is 9.75. The van der Waals surface area contributed by atoms with Crippen LogP contribution in [0.15, 0.2) is 65.1 Å². The molecule has 0 aliphatic carbocycles. The lowest BCUT2D eigenvalue weighted by atomic mass is 10.1. The molecular formula is C21H28FN3O2. The highest BCUT2D eigenvalue weighted by molar-refractivity contribution is 6.03. The van der Waals surface area contributed by atoms with Gasteiger partial charge < -0.3 is 15.8 Å². The van der Waals surface area contributed by atoms with E-state index >= 15 is 0 Å². The molecule has 0 amide bonds. The zero-order valence-electron chi connectivity index (χ0n) is 16.2. The van der Waals surface area contributed by atoms with Crippen molar-refractivity contribution in [2.24, 2.45) is 10.7 Å². The first kappa shape index (κ1) is 22.3. The van der Waals surface area contributed by atoms with Crippen LogP contribution in [0.1, 0.15) is 33.6 Å². The largest absolute Gasteiger partial charge is 0.451 e. The molecule has 0 aliphatic heterocycles. The third-order valence-electron chi connectivity index (χ3n) is 3.68. The number of Topliss-reactive ketones (excluding diaryl/α,β-unsaturated/α-hetero) is 1. The van der Waals surface area contributed by atoms with Crippen LogP contribution in [-0.4, -0.2) is 24.6 Å². The second-order valence-corrected chi connectivity index (χ2v) is 5.91. The van der Waals surface area contributed by atoms with Crippen LogP contribution in [-0.2, 0) is 4.79 Å². The van der Waals surface area contributed by atoms with E-state index < -0.39 is 5.82 Å². The molecule has 0 aliphatic rings. The van der Waals surface area contributed by atoms with Crippen molar-refractivity contribution in [1.82, 2.24) is 5.32 Å². The van der Waals surface area contributed by atoms with E-state index in [0.717, 1.165) is 19.4 Å². The van der Waals surface area contributed by atoms with E-state index in [9.17, 15) is 9.18 Å². The van der Waals surface area contributed by atoms with Crippen molar-refractivity contribution in [3.05, 3.63) is 66.0 Å². The van der Waals surface area contributed by atoms with Gasteiger partial charge in [0.15, 0.2) is 23.1 Å². The number of aliphatic imine (C=N–C) groups is 1. The monoisotopic (exact) mass is 373 g/mol. The number of para-hydroxylation sites is 1. The molecule has 0 unspecified atom stereocenters. The summed E-state index contributed by atoms with van der Waals surface area (Å²) in [7, 11) is 0. The summed E-state index contributed by atoms with van der Waals surface area (Å²) in [6.07, 6.45) is 5.22. The van der Waals surface area contributed by atoms with E-state index in [1.54, 1.807) is 31.2 Å². The van der Waals surface area contributed by atoms with Gasteiger partial charge in [0.05, 0.1) is 0 Å². The van der Waals surface area contributed by atoms with Crippen LogP contribution in [0, 0.1) is 5.82 Å². The quantitative estimate of drug-likeness (QED) is 0.203. The summed E-state index contributed by atoms with van der Waals surface area (Å²) in [6.45, 7) is 10.3. The van der Waals surface area contributed by atoms with Gasteiger partial charge >= 0.3 is 0 Å². The number of carbonyl (C=O) groups is 1. The number of rotatable bonds is 11. The first-order valence-electron chi connectivity index (χ1n) is 8.88. The molecule has 0 saturated heterocycles. The number of benzene rings is 1. The Balaban J connectivity index is 2.93. The van der Waals surface area contributed by atoms with E-state index in [1.807, 2.05) is 6.92 Å². The first-order valence-corrected chi connectivity index (χ1v) is 8.88. The van der Waals surface area contributed by atoms with E-state index in [-0.39, 0.29) is 17.3 Å². The number of hydrogen-bond donors (Lipinski definition) is 2. The van der Waals surface area contributed by atoms with Crippen molar-refractivity contribution >= 4 is 11.5 Å². The summed E-state index contributed by atoms with van der Waals surface area (Å²) in [5.74, 6) is -0.299. The molecule has 1 rings (SSSR count). The summed E-state index contributed by atoms with van der Waals surface area (Å²) in [6, 6.07) is 5.94. The number of nitrogens with two attached hydrogens (primary N) is 1. The number of hydrogen-bond acceptors (Lipinski definition) is 5. The molecule has 146 valence electrons. The number of unbranched alkanes of at least 4 members (excludes halogenated alkanes) is 1. The van der Waals surface area contributed by atoms with Crippen LogP contribution in [0.3, 0.4) is 0 Å². The van der Waals surface area contributed by atoms with Gasteiger partial charge in [0.25, 0.3) is 0 Å². The minimum atomic E-state index is -0.535. The Morgan fingerprint density at radius 3 is 2.63 bits per heavy atom. The van der Waals surface area contributed by atoms with Crippen LogP contribution in [0.4, 0.5) is 4.39 Å². The van der Waals surface area contributed by atoms with Crippen LogP contribution < -0.4 is 15.8 Å². The Hall–Kier alpha value is -2.73. The maximum absolute atomic E-state index is 13.8. The van der Waals surface area contributed by atoms with Crippen LogP contribution in [0.2, 0.25) is 0 Å². The molecule has 0 radical (unpaired) electrons. The average Bonchev–Trinajstić information content (AvgIpc) is 2.63. The summed E-state index contributed by atoms with van der Waals surface area (Å²) >= 11 is 0. The number of halogens is 1. The number of ether oxygens (including phenoxy) is 1. The smallest absolute Gasteiger partial charge is 0.194 e. The van der Waals surface area contributed by atoms with Gasteiger partial charge in [0.1, 0.15) is 5.82 Å². The predicted octanol–water partition coefficient (Wildman–Crippen LogP) is 3.88.